The molecule has 0 bridgehead atoms. The fraction of sp³-hybridized carbons (Fsp3) is 0.235. The van der Waals surface area contributed by atoms with E-state index in [9.17, 15) is 4.79 Å². The molecular formula is C17H15ClO. The van der Waals surface area contributed by atoms with Crippen LogP contribution in [0, 0.1) is 0 Å². The Balaban J connectivity index is 2.02. The first-order chi connectivity index (χ1) is 9.28. The van der Waals surface area contributed by atoms with Crippen molar-refractivity contribution >= 4 is 17.9 Å². The smallest absolute Gasteiger partial charge is 0.151 e. The summed E-state index contributed by atoms with van der Waals surface area (Å²) in [5, 5.41) is 0.519. The van der Waals surface area contributed by atoms with Crippen molar-refractivity contribution in [2.24, 2.45) is 0 Å². The number of halogens is 1. The number of aryl methyl sites for hydroxylation is 2. The molecule has 3 rings (SSSR count). The van der Waals surface area contributed by atoms with Gasteiger partial charge in [-0.3, -0.25) is 4.79 Å². The van der Waals surface area contributed by atoms with Crippen LogP contribution in [0.2, 0.25) is 5.02 Å². The Morgan fingerprint density at radius 2 is 1.58 bits per heavy atom. The Kier molecular flexibility index (Phi) is 3.39. The summed E-state index contributed by atoms with van der Waals surface area (Å²) in [7, 11) is 0. The van der Waals surface area contributed by atoms with Crippen LogP contribution in [-0.4, -0.2) is 6.29 Å². The summed E-state index contributed by atoms with van der Waals surface area (Å²) in [4.78, 5) is 10.8. The maximum absolute atomic E-state index is 10.8. The second-order valence-electron chi connectivity index (χ2n) is 5.04. The lowest BCUT2D eigenvalue weighted by Gasteiger charge is -2.16. The van der Waals surface area contributed by atoms with Crippen molar-refractivity contribution in [3.05, 3.63) is 58.1 Å². The average Bonchev–Trinajstić information content (AvgIpc) is 2.46. The van der Waals surface area contributed by atoms with E-state index < -0.39 is 0 Å². The summed E-state index contributed by atoms with van der Waals surface area (Å²) < 4.78 is 0. The quantitative estimate of drug-likeness (QED) is 0.723. The van der Waals surface area contributed by atoms with Gasteiger partial charge in [0, 0.05) is 5.56 Å². The van der Waals surface area contributed by atoms with E-state index in [1.165, 1.54) is 42.4 Å². The van der Waals surface area contributed by atoms with Crippen molar-refractivity contribution in [2.75, 3.05) is 0 Å². The second kappa shape index (κ2) is 5.18. The molecular weight excluding hydrogens is 256 g/mol. The zero-order valence-corrected chi connectivity index (χ0v) is 11.4. The molecule has 2 aromatic rings. The van der Waals surface area contributed by atoms with E-state index in [-0.39, 0.29) is 0 Å². The molecule has 0 aromatic heterocycles. The van der Waals surface area contributed by atoms with Crippen molar-refractivity contribution < 1.29 is 4.79 Å². The molecule has 0 atom stereocenters. The lowest BCUT2D eigenvalue weighted by Crippen LogP contribution is -2.02. The van der Waals surface area contributed by atoms with Gasteiger partial charge in [0.15, 0.2) is 6.29 Å². The normalized spacial score (nSPS) is 13.9. The fourth-order valence-electron chi connectivity index (χ4n) is 2.72. The van der Waals surface area contributed by atoms with Gasteiger partial charge in [0.05, 0.1) is 5.02 Å². The van der Waals surface area contributed by atoms with Crippen LogP contribution in [0.15, 0.2) is 36.4 Å². The second-order valence-corrected chi connectivity index (χ2v) is 5.45. The standard InChI is InChI=1S/C17H15ClO/c18-17-10-15(7-8-16(17)11-19)14-6-5-12-3-1-2-4-13(12)9-14/h5-11H,1-4H2. The minimum atomic E-state index is 0.519. The number of carbonyl (C=O) groups is 1. The molecule has 1 aliphatic rings. The molecule has 0 unspecified atom stereocenters. The van der Waals surface area contributed by atoms with Gasteiger partial charge in [-0.25, -0.2) is 0 Å². The highest BCUT2D eigenvalue weighted by atomic mass is 35.5. The lowest BCUT2D eigenvalue weighted by molar-refractivity contribution is 0.112. The third-order valence-corrected chi connectivity index (χ3v) is 4.14. The predicted octanol–water partition coefficient (Wildman–Crippen LogP) is 4.70. The molecule has 0 radical (unpaired) electrons. The van der Waals surface area contributed by atoms with Crippen molar-refractivity contribution in [3.63, 3.8) is 0 Å². The lowest BCUT2D eigenvalue weighted by atomic mass is 9.89. The molecule has 0 saturated carbocycles. The molecule has 0 N–H and O–H groups in total. The van der Waals surface area contributed by atoms with Gasteiger partial charge in [-0.2, -0.15) is 0 Å². The molecule has 0 aliphatic heterocycles. The van der Waals surface area contributed by atoms with Crippen LogP contribution in [0.1, 0.15) is 34.3 Å². The number of hydrogen-bond acceptors (Lipinski definition) is 1. The van der Waals surface area contributed by atoms with Gasteiger partial charge in [0.25, 0.3) is 0 Å². The molecule has 1 aliphatic carbocycles. The van der Waals surface area contributed by atoms with Crippen molar-refractivity contribution in [3.8, 4) is 11.1 Å². The van der Waals surface area contributed by atoms with Gasteiger partial charge in [-0.15, -0.1) is 0 Å². The summed E-state index contributed by atoms with van der Waals surface area (Å²) in [6, 6.07) is 12.3. The molecule has 2 heteroatoms. The molecule has 0 heterocycles. The van der Waals surface area contributed by atoms with Crippen LogP contribution in [-0.2, 0) is 12.8 Å². The highest BCUT2D eigenvalue weighted by Crippen LogP contribution is 2.29. The number of hydrogen-bond donors (Lipinski definition) is 0. The largest absolute Gasteiger partial charge is 0.298 e. The van der Waals surface area contributed by atoms with E-state index >= 15 is 0 Å². The number of fused-ring (bicyclic) bond motifs is 1. The predicted molar refractivity (Wildman–Crippen MR) is 78.9 cm³/mol. The van der Waals surface area contributed by atoms with Gasteiger partial charge in [0.1, 0.15) is 0 Å². The summed E-state index contributed by atoms with van der Waals surface area (Å²) in [5.74, 6) is 0. The number of rotatable bonds is 2. The molecule has 0 spiro atoms. The minimum absolute atomic E-state index is 0.519. The first-order valence-corrected chi connectivity index (χ1v) is 7.02. The Bertz CT molecular complexity index is 631. The van der Waals surface area contributed by atoms with E-state index in [1.54, 1.807) is 6.07 Å². The van der Waals surface area contributed by atoms with Crippen LogP contribution >= 0.6 is 11.6 Å². The van der Waals surface area contributed by atoms with E-state index in [1.807, 2.05) is 12.1 Å². The van der Waals surface area contributed by atoms with Gasteiger partial charge in [-0.1, -0.05) is 35.9 Å². The van der Waals surface area contributed by atoms with Crippen LogP contribution in [0.5, 0.6) is 0 Å². The monoisotopic (exact) mass is 270 g/mol. The van der Waals surface area contributed by atoms with Crippen LogP contribution in [0.25, 0.3) is 11.1 Å². The topological polar surface area (TPSA) is 17.1 Å². The van der Waals surface area contributed by atoms with Gasteiger partial charge >= 0.3 is 0 Å². The Hall–Kier alpha value is -1.60. The highest BCUT2D eigenvalue weighted by molar-refractivity contribution is 6.33. The summed E-state index contributed by atoms with van der Waals surface area (Å²) in [6.45, 7) is 0. The van der Waals surface area contributed by atoms with Crippen LogP contribution in [0.3, 0.4) is 0 Å². The van der Waals surface area contributed by atoms with E-state index in [0.717, 1.165) is 11.8 Å². The zero-order chi connectivity index (χ0) is 13.2. The van der Waals surface area contributed by atoms with E-state index in [0.29, 0.717) is 10.6 Å². The Labute approximate surface area is 118 Å². The molecule has 2 aromatic carbocycles. The molecule has 19 heavy (non-hydrogen) atoms. The average molecular weight is 271 g/mol. The number of aldehydes is 1. The first-order valence-electron chi connectivity index (χ1n) is 6.65. The van der Waals surface area contributed by atoms with E-state index in [4.69, 9.17) is 11.6 Å². The molecule has 0 saturated heterocycles. The maximum Gasteiger partial charge on any atom is 0.151 e. The van der Waals surface area contributed by atoms with Crippen LogP contribution < -0.4 is 0 Å². The van der Waals surface area contributed by atoms with Crippen molar-refractivity contribution in [1.82, 2.24) is 0 Å². The van der Waals surface area contributed by atoms with Gasteiger partial charge in [-0.05, 0) is 60.1 Å². The fourth-order valence-corrected chi connectivity index (χ4v) is 2.94. The zero-order valence-electron chi connectivity index (χ0n) is 10.7. The van der Waals surface area contributed by atoms with E-state index in [2.05, 4.69) is 18.2 Å². The number of benzene rings is 2. The maximum atomic E-state index is 10.8. The summed E-state index contributed by atoms with van der Waals surface area (Å²) in [6.07, 6.45) is 5.73. The number of carbonyl (C=O) groups excluding carboxylic acids is 1. The SMILES string of the molecule is O=Cc1ccc(-c2ccc3c(c2)CCCC3)cc1Cl. The van der Waals surface area contributed by atoms with Crippen molar-refractivity contribution in [1.29, 1.82) is 0 Å². The minimum Gasteiger partial charge on any atom is -0.298 e. The highest BCUT2D eigenvalue weighted by Gasteiger charge is 2.10. The summed E-state index contributed by atoms with van der Waals surface area (Å²) in [5.41, 5.74) is 5.73. The van der Waals surface area contributed by atoms with Gasteiger partial charge < -0.3 is 0 Å². The first kappa shape index (κ1) is 12.4. The Morgan fingerprint density at radius 1 is 0.895 bits per heavy atom. The Morgan fingerprint density at radius 3 is 2.32 bits per heavy atom. The van der Waals surface area contributed by atoms with Gasteiger partial charge in [0.2, 0.25) is 0 Å². The molecule has 0 amide bonds. The van der Waals surface area contributed by atoms with Crippen LogP contribution in [0.4, 0.5) is 0 Å². The van der Waals surface area contributed by atoms with Crippen molar-refractivity contribution in [2.45, 2.75) is 25.7 Å². The molecule has 96 valence electrons. The third kappa shape index (κ3) is 2.43. The third-order valence-electron chi connectivity index (χ3n) is 3.81. The molecule has 0 fully saturated rings. The molecule has 1 nitrogen and oxygen atoms in total. The summed E-state index contributed by atoms with van der Waals surface area (Å²) >= 11 is 6.09.